The molecule has 0 bridgehead atoms. The molecule has 0 aliphatic heterocycles. The molecule has 9 nitrogen and oxygen atoms in total. The van der Waals surface area contributed by atoms with Crippen LogP contribution < -0.4 is 14.8 Å². The molecule has 1 heterocycles. The first-order valence-electron chi connectivity index (χ1n) is 8.28. The van der Waals surface area contributed by atoms with Crippen LogP contribution in [0.15, 0.2) is 30.3 Å². The van der Waals surface area contributed by atoms with Crippen LogP contribution >= 0.6 is 22.9 Å². The van der Waals surface area contributed by atoms with E-state index in [1.807, 2.05) is 0 Å². The van der Waals surface area contributed by atoms with Gasteiger partial charge in [0.1, 0.15) is 12.2 Å². The predicted molar refractivity (Wildman–Crippen MR) is 110 cm³/mol. The summed E-state index contributed by atoms with van der Waals surface area (Å²) >= 11 is 7.17. The predicted octanol–water partition coefficient (Wildman–Crippen LogP) is 4.14. The smallest absolute Gasteiger partial charge is 0.286 e. The summed E-state index contributed by atoms with van der Waals surface area (Å²) in [4.78, 5) is 27.9. The lowest BCUT2D eigenvalue weighted by Gasteiger charge is -2.12. The van der Waals surface area contributed by atoms with Crippen LogP contribution in [0.2, 0.25) is 5.02 Å². The third-order valence-electron chi connectivity index (χ3n) is 3.84. The molecule has 0 atom stereocenters. The molecule has 152 valence electrons. The van der Waals surface area contributed by atoms with Gasteiger partial charge in [0.25, 0.3) is 11.6 Å². The summed E-state index contributed by atoms with van der Waals surface area (Å²) in [6.07, 6.45) is 0. The monoisotopic (exact) mass is 437 g/mol. The molecule has 0 radical (unpaired) electrons. The van der Waals surface area contributed by atoms with Gasteiger partial charge in [-0.25, -0.2) is 4.98 Å². The Bertz CT molecular complexity index is 1070. The molecular formula is C18H16ClN3O6S. The third-order valence-corrected chi connectivity index (χ3v) is 5.01. The average Bonchev–Trinajstić information content (AvgIpc) is 3.08. The molecule has 0 unspecified atom stereocenters. The number of ether oxygens (including phenoxy) is 3. The molecule has 0 fully saturated rings. The summed E-state index contributed by atoms with van der Waals surface area (Å²) in [5.74, 6) is -0.362. The van der Waals surface area contributed by atoms with E-state index in [-0.39, 0.29) is 23.7 Å². The lowest BCUT2D eigenvalue weighted by Crippen LogP contribution is -2.15. The summed E-state index contributed by atoms with van der Waals surface area (Å²) in [6, 6.07) is 7.55. The van der Waals surface area contributed by atoms with E-state index in [0.717, 1.165) is 10.8 Å². The number of hydrogen-bond donors (Lipinski definition) is 1. The molecule has 3 rings (SSSR count). The molecule has 0 aliphatic rings. The molecule has 0 saturated carbocycles. The lowest BCUT2D eigenvalue weighted by atomic mass is 10.1. The van der Waals surface area contributed by atoms with Crippen molar-refractivity contribution >= 4 is 49.9 Å². The number of fused-ring (bicyclic) bond motifs is 1. The zero-order valence-corrected chi connectivity index (χ0v) is 17.0. The van der Waals surface area contributed by atoms with Crippen LogP contribution in [0.5, 0.6) is 11.5 Å². The highest BCUT2D eigenvalue weighted by atomic mass is 35.5. The molecule has 0 saturated heterocycles. The number of nitrogens with one attached hydrogen (secondary N) is 1. The first-order chi connectivity index (χ1) is 13.9. The maximum Gasteiger partial charge on any atom is 0.286 e. The maximum atomic E-state index is 12.7. The van der Waals surface area contributed by atoms with Crippen LogP contribution in [0.4, 0.5) is 10.8 Å². The van der Waals surface area contributed by atoms with Gasteiger partial charge in [-0.3, -0.25) is 20.2 Å². The van der Waals surface area contributed by atoms with Crippen molar-refractivity contribution in [3.63, 3.8) is 0 Å². The number of carbonyl (C=O) groups is 1. The molecule has 2 aromatic carbocycles. The number of nitrogens with zero attached hydrogens (tertiary/aromatic N) is 2. The second kappa shape index (κ2) is 9.03. The fourth-order valence-corrected chi connectivity index (χ4v) is 3.64. The zero-order chi connectivity index (χ0) is 21.0. The first-order valence-corrected chi connectivity index (χ1v) is 9.48. The van der Waals surface area contributed by atoms with Gasteiger partial charge in [-0.2, -0.15) is 0 Å². The second-order valence-corrected chi connectivity index (χ2v) is 7.17. The number of aromatic nitrogens is 1. The van der Waals surface area contributed by atoms with Crippen molar-refractivity contribution in [1.29, 1.82) is 0 Å². The van der Waals surface area contributed by atoms with Crippen molar-refractivity contribution in [2.45, 2.75) is 0 Å². The van der Waals surface area contributed by atoms with Gasteiger partial charge in [-0.05, 0) is 18.2 Å². The van der Waals surface area contributed by atoms with Crippen molar-refractivity contribution in [2.75, 3.05) is 32.8 Å². The molecule has 1 amide bonds. The van der Waals surface area contributed by atoms with Gasteiger partial charge in [0.05, 0.1) is 34.9 Å². The highest BCUT2D eigenvalue weighted by molar-refractivity contribution is 7.22. The van der Waals surface area contributed by atoms with Crippen LogP contribution in [0.1, 0.15) is 10.4 Å². The molecule has 29 heavy (non-hydrogen) atoms. The SMILES string of the molecule is COCCOc1cc([N+](=O)[O-])c(C(=O)Nc2nc3ccc(Cl)cc3s2)cc1OC. The Labute approximate surface area is 174 Å². The third kappa shape index (κ3) is 4.73. The van der Waals surface area contributed by atoms with Crippen molar-refractivity contribution < 1.29 is 23.9 Å². The Kier molecular flexibility index (Phi) is 6.47. The number of benzene rings is 2. The van der Waals surface area contributed by atoms with E-state index in [1.165, 1.54) is 31.6 Å². The molecule has 1 aromatic heterocycles. The van der Waals surface area contributed by atoms with E-state index in [9.17, 15) is 14.9 Å². The molecule has 11 heteroatoms. The number of rotatable bonds is 8. The number of anilines is 1. The highest BCUT2D eigenvalue weighted by Crippen LogP contribution is 2.36. The Morgan fingerprint density at radius 3 is 2.72 bits per heavy atom. The number of methoxy groups -OCH3 is 2. The van der Waals surface area contributed by atoms with Gasteiger partial charge < -0.3 is 14.2 Å². The minimum absolute atomic E-state index is 0.141. The summed E-state index contributed by atoms with van der Waals surface area (Å²) in [7, 11) is 2.88. The van der Waals surface area contributed by atoms with Gasteiger partial charge in [-0.15, -0.1) is 0 Å². The number of nitro groups is 1. The van der Waals surface area contributed by atoms with Gasteiger partial charge in [0.15, 0.2) is 16.6 Å². The van der Waals surface area contributed by atoms with Gasteiger partial charge in [0.2, 0.25) is 0 Å². The fourth-order valence-electron chi connectivity index (χ4n) is 2.51. The molecule has 1 N–H and O–H groups in total. The second-order valence-electron chi connectivity index (χ2n) is 5.70. The number of carbonyl (C=O) groups excluding carboxylic acids is 1. The fraction of sp³-hybridized carbons (Fsp3) is 0.222. The number of halogens is 1. The van der Waals surface area contributed by atoms with E-state index < -0.39 is 16.5 Å². The van der Waals surface area contributed by atoms with Crippen molar-refractivity contribution in [1.82, 2.24) is 4.98 Å². The Morgan fingerprint density at radius 1 is 1.24 bits per heavy atom. The van der Waals surface area contributed by atoms with E-state index in [4.69, 9.17) is 25.8 Å². The number of amides is 1. The average molecular weight is 438 g/mol. The van der Waals surface area contributed by atoms with Crippen molar-refractivity contribution in [3.05, 3.63) is 51.0 Å². The highest BCUT2D eigenvalue weighted by Gasteiger charge is 2.25. The van der Waals surface area contributed by atoms with Crippen LogP contribution in [0.3, 0.4) is 0 Å². The summed E-state index contributed by atoms with van der Waals surface area (Å²) in [6.45, 7) is 0.463. The summed E-state index contributed by atoms with van der Waals surface area (Å²) < 4.78 is 16.3. The van der Waals surface area contributed by atoms with Crippen LogP contribution in [-0.2, 0) is 4.74 Å². The topological polar surface area (TPSA) is 113 Å². The number of nitro benzene ring substituents is 1. The number of thiazole rings is 1. The summed E-state index contributed by atoms with van der Waals surface area (Å²) in [5.41, 5.74) is 0.0618. The van der Waals surface area contributed by atoms with Gasteiger partial charge >= 0.3 is 0 Å². The zero-order valence-electron chi connectivity index (χ0n) is 15.4. The maximum absolute atomic E-state index is 12.7. The molecule has 0 aliphatic carbocycles. The van der Waals surface area contributed by atoms with Crippen LogP contribution in [-0.4, -0.2) is 43.2 Å². The number of hydrogen-bond acceptors (Lipinski definition) is 8. The Morgan fingerprint density at radius 2 is 2.03 bits per heavy atom. The van der Waals surface area contributed by atoms with Crippen molar-refractivity contribution in [3.8, 4) is 11.5 Å². The first kappa shape index (κ1) is 20.8. The van der Waals surface area contributed by atoms with E-state index >= 15 is 0 Å². The van der Waals surface area contributed by atoms with Crippen LogP contribution in [0, 0.1) is 10.1 Å². The van der Waals surface area contributed by atoms with E-state index in [2.05, 4.69) is 10.3 Å². The minimum Gasteiger partial charge on any atom is -0.493 e. The van der Waals surface area contributed by atoms with Gasteiger partial charge in [0, 0.05) is 18.2 Å². The molecule has 3 aromatic rings. The Balaban J connectivity index is 1.92. The van der Waals surface area contributed by atoms with Crippen LogP contribution in [0.25, 0.3) is 10.2 Å². The van der Waals surface area contributed by atoms with E-state index in [1.54, 1.807) is 18.2 Å². The normalized spacial score (nSPS) is 10.7. The standard InChI is InChI=1S/C18H16ClN3O6S/c1-26-5-6-28-15-9-13(22(24)25)11(8-14(15)27-2)17(23)21-18-20-12-4-3-10(19)7-16(12)29-18/h3-4,7-9H,5-6H2,1-2H3,(H,20,21,23). The largest absolute Gasteiger partial charge is 0.493 e. The van der Waals surface area contributed by atoms with Gasteiger partial charge in [-0.1, -0.05) is 22.9 Å². The quantitative estimate of drug-likeness (QED) is 0.320. The van der Waals surface area contributed by atoms with E-state index in [0.29, 0.717) is 22.3 Å². The molecular weight excluding hydrogens is 422 g/mol. The van der Waals surface area contributed by atoms with Crippen molar-refractivity contribution in [2.24, 2.45) is 0 Å². The lowest BCUT2D eigenvalue weighted by molar-refractivity contribution is -0.385. The Hall–Kier alpha value is -2.95. The molecule has 0 spiro atoms. The minimum atomic E-state index is -0.691. The summed E-state index contributed by atoms with van der Waals surface area (Å²) in [5, 5.41) is 14.9.